The number of nitrogens with one attached hydrogen (secondary N) is 1. The Morgan fingerprint density at radius 1 is 1.07 bits per heavy atom. The molecule has 0 aliphatic carbocycles. The SMILES string of the molecule is CC[C@H](C)c1ccc(NC(=O)COC(=O)/C=C/c2ccc(OC)cc2OC)cc1. The van der Waals surface area contributed by atoms with Crippen molar-refractivity contribution in [1.29, 1.82) is 0 Å². The monoisotopic (exact) mass is 397 g/mol. The maximum Gasteiger partial charge on any atom is 0.331 e. The standard InChI is InChI=1S/C23H27NO5/c1-5-16(2)17-6-10-19(11-7-17)24-22(25)15-29-23(26)13-9-18-8-12-20(27-3)14-21(18)28-4/h6-14,16H,5,15H2,1-4H3,(H,24,25)/b13-9+/t16-/m0/s1. The maximum absolute atomic E-state index is 12.0. The molecular formula is C23H27NO5. The first-order chi connectivity index (χ1) is 14.0. The third kappa shape index (κ3) is 6.68. The van der Waals surface area contributed by atoms with Crippen molar-refractivity contribution in [3.8, 4) is 11.5 Å². The molecule has 6 nitrogen and oxygen atoms in total. The molecule has 0 spiro atoms. The van der Waals surface area contributed by atoms with Crippen molar-refractivity contribution in [3.05, 3.63) is 59.7 Å². The van der Waals surface area contributed by atoms with E-state index >= 15 is 0 Å². The Balaban J connectivity index is 1.85. The molecule has 0 aliphatic rings. The zero-order valence-electron chi connectivity index (χ0n) is 17.2. The summed E-state index contributed by atoms with van der Waals surface area (Å²) in [6.45, 7) is 3.92. The van der Waals surface area contributed by atoms with Gasteiger partial charge in [-0.2, -0.15) is 0 Å². The van der Waals surface area contributed by atoms with Gasteiger partial charge in [0.05, 0.1) is 14.2 Å². The lowest BCUT2D eigenvalue weighted by molar-refractivity contribution is -0.142. The van der Waals surface area contributed by atoms with Gasteiger partial charge in [-0.05, 0) is 48.2 Å². The molecule has 1 amide bonds. The lowest BCUT2D eigenvalue weighted by Crippen LogP contribution is -2.20. The third-order valence-electron chi connectivity index (χ3n) is 4.56. The second-order valence-electron chi connectivity index (χ2n) is 6.53. The van der Waals surface area contributed by atoms with Gasteiger partial charge in [-0.15, -0.1) is 0 Å². The Kier molecular flexibility index (Phi) is 8.27. The van der Waals surface area contributed by atoms with Crippen LogP contribution in [0.4, 0.5) is 5.69 Å². The highest BCUT2D eigenvalue weighted by Crippen LogP contribution is 2.25. The topological polar surface area (TPSA) is 73.9 Å². The first-order valence-electron chi connectivity index (χ1n) is 9.43. The number of ether oxygens (including phenoxy) is 3. The maximum atomic E-state index is 12.0. The highest BCUT2D eigenvalue weighted by atomic mass is 16.5. The fraction of sp³-hybridized carbons (Fsp3) is 0.304. The van der Waals surface area contributed by atoms with Crippen LogP contribution in [0, 0.1) is 0 Å². The molecule has 2 rings (SSSR count). The lowest BCUT2D eigenvalue weighted by atomic mass is 9.99. The van der Waals surface area contributed by atoms with Crippen molar-refractivity contribution in [2.75, 3.05) is 26.1 Å². The van der Waals surface area contributed by atoms with Gasteiger partial charge in [0.2, 0.25) is 0 Å². The van der Waals surface area contributed by atoms with Crippen LogP contribution in [0.5, 0.6) is 11.5 Å². The Bertz CT molecular complexity index is 858. The number of carbonyl (C=O) groups is 2. The van der Waals surface area contributed by atoms with E-state index in [1.807, 2.05) is 24.3 Å². The first kappa shape index (κ1) is 22.0. The van der Waals surface area contributed by atoms with Gasteiger partial charge in [0.15, 0.2) is 6.61 Å². The minimum Gasteiger partial charge on any atom is -0.497 e. The molecular weight excluding hydrogens is 370 g/mol. The van der Waals surface area contributed by atoms with Crippen LogP contribution in [-0.4, -0.2) is 32.7 Å². The van der Waals surface area contributed by atoms with Gasteiger partial charge < -0.3 is 19.5 Å². The van der Waals surface area contributed by atoms with Crippen molar-refractivity contribution in [3.63, 3.8) is 0 Å². The molecule has 0 aliphatic heterocycles. The summed E-state index contributed by atoms with van der Waals surface area (Å²) in [5.41, 5.74) is 2.57. The summed E-state index contributed by atoms with van der Waals surface area (Å²) in [6, 6.07) is 12.9. The molecule has 6 heteroatoms. The Morgan fingerprint density at radius 3 is 2.41 bits per heavy atom. The molecule has 1 atom stereocenters. The number of benzene rings is 2. The summed E-state index contributed by atoms with van der Waals surface area (Å²) < 4.78 is 15.4. The molecule has 154 valence electrons. The molecule has 0 saturated heterocycles. The Morgan fingerprint density at radius 2 is 1.79 bits per heavy atom. The average molecular weight is 397 g/mol. The quantitative estimate of drug-likeness (QED) is 0.501. The third-order valence-corrected chi connectivity index (χ3v) is 4.56. The molecule has 0 unspecified atom stereocenters. The molecule has 1 N–H and O–H groups in total. The van der Waals surface area contributed by atoms with E-state index in [1.54, 1.807) is 31.4 Å². The molecule has 29 heavy (non-hydrogen) atoms. The summed E-state index contributed by atoms with van der Waals surface area (Å²) in [6.07, 6.45) is 3.86. The predicted molar refractivity (Wildman–Crippen MR) is 113 cm³/mol. The van der Waals surface area contributed by atoms with Gasteiger partial charge in [0.25, 0.3) is 5.91 Å². The number of esters is 1. The number of methoxy groups -OCH3 is 2. The average Bonchev–Trinajstić information content (AvgIpc) is 2.76. The second kappa shape index (κ2) is 10.9. The summed E-state index contributed by atoms with van der Waals surface area (Å²) >= 11 is 0. The van der Waals surface area contributed by atoms with Gasteiger partial charge in [0.1, 0.15) is 11.5 Å². The van der Waals surface area contributed by atoms with Gasteiger partial charge >= 0.3 is 5.97 Å². The molecule has 0 fully saturated rings. The van der Waals surface area contributed by atoms with Crippen molar-refractivity contribution in [2.45, 2.75) is 26.2 Å². The van der Waals surface area contributed by atoms with E-state index in [0.717, 1.165) is 6.42 Å². The van der Waals surface area contributed by atoms with Crippen molar-refractivity contribution >= 4 is 23.6 Å². The Hall–Kier alpha value is -3.28. The molecule has 0 saturated carbocycles. The van der Waals surface area contributed by atoms with Crippen LogP contribution in [0.1, 0.15) is 37.3 Å². The minimum absolute atomic E-state index is 0.365. The smallest absolute Gasteiger partial charge is 0.331 e. The highest BCUT2D eigenvalue weighted by molar-refractivity contribution is 5.94. The molecule has 0 aromatic heterocycles. The van der Waals surface area contributed by atoms with Crippen LogP contribution in [0.2, 0.25) is 0 Å². The number of carbonyl (C=O) groups excluding carboxylic acids is 2. The van der Waals surface area contributed by atoms with E-state index in [2.05, 4.69) is 19.2 Å². The molecule has 2 aromatic rings. The number of hydrogen-bond donors (Lipinski definition) is 1. The summed E-state index contributed by atoms with van der Waals surface area (Å²) in [4.78, 5) is 23.9. The van der Waals surface area contributed by atoms with E-state index in [0.29, 0.717) is 28.7 Å². The van der Waals surface area contributed by atoms with Crippen LogP contribution in [0.3, 0.4) is 0 Å². The lowest BCUT2D eigenvalue weighted by Gasteiger charge is -2.10. The van der Waals surface area contributed by atoms with Crippen LogP contribution in [0.25, 0.3) is 6.08 Å². The molecule has 0 heterocycles. The second-order valence-corrected chi connectivity index (χ2v) is 6.53. The van der Waals surface area contributed by atoms with E-state index in [1.165, 1.54) is 18.7 Å². The Labute approximate surface area is 171 Å². The largest absolute Gasteiger partial charge is 0.497 e. The summed E-state index contributed by atoms with van der Waals surface area (Å²) in [5.74, 6) is 0.662. The fourth-order valence-electron chi connectivity index (χ4n) is 2.63. The summed E-state index contributed by atoms with van der Waals surface area (Å²) in [5, 5.41) is 2.71. The van der Waals surface area contributed by atoms with Crippen LogP contribution >= 0.6 is 0 Å². The zero-order valence-corrected chi connectivity index (χ0v) is 17.2. The minimum atomic E-state index is -0.620. The summed E-state index contributed by atoms with van der Waals surface area (Å²) in [7, 11) is 3.09. The first-order valence-corrected chi connectivity index (χ1v) is 9.43. The van der Waals surface area contributed by atoms with Crippen molar-refractivity contribution < 1.29 is 23.8 Å². The van der Waals surface area contributed by atoms with Gasteiger partial charge in [-0.3, -0.25) is 4.79 Å². The van der Waals surface area contributed by atoms with Gasteiger partial charge in [0, 0.05) is 23.4 Å². The fourth-order valence-corrected chi connectivity index (χ4v) is 2.63. The van der Waals surface area contributed by atoms with E-state index in [-0.39, 0.29) is 6.61 Å². The van der Waals surface area contributed by atoms with Crippen LogP contribution in [0.15, 0.2) is 48.5 Å². The van der Waals surface area contributed by atoms with Gasteiger partial charge in [-0.25, -0.2) is 4.79 Å². The number of rotatable bonds is 9. The molecule has 0 radical (unpaired) electrons. The number of amides is 1. The molecule has 0 bridgehead atoms. The van der Waals surface area contributed by atoms with Crippen LogP contribution < -0.4 is 14.8 Å². The zero-order chi connectivity index (χ0) is 21.2. The van der Waals surface area contributed by atoms with E-state index < -0.39 is 11.9 Å². The van der Waals surface area contributed by atoms with E-state index in [9.17, 15) is 9.59 Å². The van der Waals surface area contributed by atoms with Crippen molar-refractivity contribution in [2.24, 2.45) is 0 Å². The van der Waals surface area contributed by atoms with E-state index in [4.69, 9.17) is 14.2 Å². The number of anilines is 1. The van der Waals surface area contributed by atoms with Crippen LogP contribution in [-0.2, 0) is 14.3 Å². The number of hydrogen-bond acceptors (Lipinski definition) is 5. The molecule has 2 aromatic carbocycles. The van der Waals surface area contributed by atoms with Gasteiger partial charge in [-0.1, -0.05) is 26.0 Å². The normalized spacial score (nSPS) is 11.7. The highest BCUT2D eigenvalue weighted by Gasteiger charge is 2.08. The predicted octanol–water partition coefficient (Wildman–Crippen LogP) is 4.41. The van der Waals surface area contributed by atoms with Crippen molar-refractivity contribution in [1.82, 2.24) is 0 Å².